The highest BCUT2D eigenvalue weighted by molar-refractivity contribution is 5.65. The second kappa shape index (κ2) is 14.9. The monoisotopic (exact) mass is 278 g/mol. The van der Waals surface area contributed by atoms with Crippen molar-refractivity contribution < 1.29 is 19.8 Å². The molecule has 1 rings (SSSR count). The van der Waals surface area contributed by atoms with Gasteiger partial charge >= 0.3 is 0 Å². The molecule has 1 fully saturated rings. The van der Waals surface area contributed by atoms with Crippen molar-refractivity contribution in [3.63, 3.8) is 0 Å². The fourth-order valence-electron chi connectivity index (χ4n) is 1.85. The van der Waals surface area contributed by atoms with Gasteiger partial charge in [-0.05, 0) is 31.6 Å². The van der Waals surface area contributed by atoms with Gasteiger partial charge < -0.3 is 32.1 Å². The van der Waals surface area contributed by atoms with Crippen LogP contribution in [0, 0.1) is 5.92 Å². The Hall–Kier alpha value is -1.14. The zero-order valence-electron chi connectivity index (χ0n) is 12.6. The number of carboxylic acid groups (broad SMARTS) is 2. The molecule has 0 aromatic rings. The van der Waals surface area contributed by atoms with Gasteiger partial charge in [0, 0.05) is 11.9 Å². The van der Waals surface area contributed by atoms with Gasteiger partial charge in [-0.15, -0.1) is 0 Å². The minimum atomic E-state index is -1.14. The smallest absolute Gasteiger partial charge is 0.0414 e. The van der Waals surface area contributed by atoms with Crippen molar-refractivity contribution in [1.82, 2.24) is 12.3 Å². The zero-order valence-corrected chi connectivity index (χ0v) is 12.6. The standard InChI is InChI=1S/C7H14.C6H10O4.2H3N/c1-7-5-3-2-4-6-7;7-5(8)3-1-2-4-6(9)10;;/h7H,2-6H2,1H3;1-4H2,(H,7,8)(H,9,10);2*1H3. The Kier molecular flexibility index (Phi) is 18.1. The van der Waals surface area contributed by atoms with E-state index in [1.807, 2.05) is 0 Å². The summed E-state index contributed by atoms with van der Waals surface area (Å²) in [6.07, 6.45) is 7.97. The van der Waals surface area contributed by atoms with Gasteiger partial charge in [0.25, 0.3) is 0 Å². The molecule has 0 amide bonds. The van der Waals surface area contributed by atoms with E-state index in [4.69, 9.17) is 0 Å². The maximum Gasteiger partial charge on any atom is 0.0414 e. The van der Waals surface area contributed by atoms with E-state index < -0.39 is 11.9 Å². The molecule has 0 atom stereocenters. The Labute approximate surface area is 115 Å². The molecule has 0 spiro atoms. The number of quaternary nitrogens is 2. The molecule has 1 saturated carbocycles. The van der Waals surface area contributed by atoms with Crippen LogP contribution in [0.15, 0.2) is 0 Å². The van der Waals surface area contributed by atoms with Crippen LogP contribution in [-0.4, -0.2) is 11.9 Å². The zero-order chi connectivity index (χ0) is 13.1. The number of carboxylic acids is 2. The number of hydrogen-bond donors (Lipinski definition) is 2. The Morgan fingerprint density at radius 2 is 1.26 bits per heavy atom. The largest absolute Gasteiger partial charge is 0.550 e. The average molecular weight is 278 g/mol. The number of carbonyl (C=O) groups excluding carboxylic acids is 2. The van der Waals surface area contributed by atoms with Gasteiger partial charge in [-0.1, -0.05) is 39.0 Å². The summed E-state index contributed by atoms with van der Waals surface area (Å²) >= 11 is 0. The summed E-state index contributed by atoms with van der Waals surface area (Å²) in [5, 5.41) is 19.5. The predicted octanol–water partition coefficient (Wildman–Crippen LogP) is 1.39. The van der Waals surface area contributed by atoms with Crippen molar-refractivity contribution >= 4 is 11.9 Å². The first-order chi connectivity index (χ1) is 8.02. The first-order valence-electron chi connectivity index (χ1n) is 6.42. The Bertz CT molecular complexity index is 213. The summed E-state index contributed by atoms with van der Waals surface area (Å²) in [4.78, 5) is 19.5. The van der Waals surface area contributed by atoms with Gasteiger partial charge in [-0.2, -0.15) is 0 Å². The average Bonchev–Trinajstić information content (AvgIpc) is 2.26. The van der Waals surface area contributed by atoms with E-state index in [-0.39, 0.29) is 25.1 Å². The van der Waals surface area contributed by atoms with Crippen molar-refractivity contribution in [3.8, 4) is 0 Å². The number of carbonyl (C=O) groups is 2. The fourth-order valence-corrected chi connectivity index (χ4v) is 1.85. The van der Waals surface area contributed by atoms with Crippen LogP contribution < -0.4 is 22.5 Å². The third kappa shape index (κ3) is 19.4. The van der Waals surface area contributed by atoms with Gasteiger partial charge in [0.05, 0.1) is 0 Å². The SMILES string of the molecule is CC1CCCCC1.O=C([O-])CCCCC(=O)[O-].[NH4+].[NH4+]. The lowest BCUT2D eigenvalue weighted by Gasteiger charge is -2.15. The van der Waals surface area contributed by atoms with Gasteiger partial charge in [0.2, 0.25) is 0 Å². The highest BCUT2D eigenvalue weighted by Crippen LogP contribution is 2.22. The lowest BCUT2D eigenvalue weighted by molar-refractivity contribution is -0.308. The number of aliphatic carboxylic acids is 2. The molecule has 1 aliphatic rings. The van der Waals surface area contributed by atoms with Crippen LogP contribution in [-0.2, 0) is 9.59 Å². The number of hydrogen-bond acceptors (Lipinski definition) is 4. The van der Waals surface area contributed by atoms with Crippen molar-refractivity contribution in [2.45, 2.75) is 64.7 Å². The normalized spacial score (nSPS) is 14.2. The molecule has 0 unspecified atom stereocenters. The summed E-state index contributed by atoms with van der Waals surface area (Å²) in [7, 11) is 0. The van der Waals surface area contributed by atoms with E-state index in [1.165, 1.54) is 32.1 Å². The topological polar surface area (TPSA) is 153 Å². The number of unbranched alkanes of at least 4 members (excludes halogenated alkanes) is 1. The first kappa shape index (κ1) is 23.0. The van der Waals surface area contributed by atoms with Crippen LogP contribution in [0.2, 0.25) is 0 Å². The molecular formula is C13H30N2O4. The van der Waals surface area contributed by atoms with Crippen molar-refractivity contribution in [2.75, 3.05) is 0 Å². The molecule has 8 N–H and O–H groups in total. The molecule has 19 heavy (non-hydrogen) atoms. The molecule has 0 aliphatic heterocycles. The summed E-state index contributed by atoms with van der Waals surface area (Å²) in [5.74, 6) is -1.24. The molecule has 0 heterocycles. The highest BCUT2D eigenvalue weighted by atomic mass is 16.4. The second-order valence-corrected chi connectivity index (χ2v) is 4.69. The maximum atomic E-state index is 9.77. The summed E-state index contributed by atoms with van der Waals surface area (Å²) in [5.41, 5.74) is 0. The molecule has 116 valence electrons. The summed E-state index contributed by atoms with van der Waals surface area (Å²) in [6, 6.07) is 0. The molecule has 1 aliphatic carbocycles. The van der Waals surface area contributed by atoms with Gasteiger partial charge in [-0.3, -0.25) is 0 Å². The molecule has 0 saturated heterocycles. The van der Waals surface area contributed by atoms with Gasteiger partial charge in [0.15, 0.2) is 0 Å². The molecule has 0 bridgehead atoms. The van der Waals surface area contributed by atoms with E-state index in [2.05, 4.69) is 6.92 Å². The third-order valence-corrected chi connectivity index (χ3v) is 2.91. The Balaban J connectivity index is -0.000000253. The Morgan fingerprint density at radius 3 is 1.47 bits per heavy atom. The first-order valence-corrected chi connectivity index (χ1v) is 6.42. The lowest BCUT2D eigenvalue weighted by atomic mass is 9.91. The van der Waals surface area contributed by atoms with Crippen molar-refractivity contribution in [1.29, 1.82) is 0 Å². The van der Waals surface area contributed by atoms with Gasteiger partial charge in [0.1, 0.15) is 0 Å². The highest BCUT2D eigenvalue weighted by Gasteiger charge is 2.05. The van der Waals surface area contributed by atoms with E-state index in [0.717, 1.165) is 5.92 Å². The summed E-state index contributed by atoms with van der Waals surface area (Å²) in [6.45, 7) is 2.36. The van der Waals surface area contributed by atoms with Crippen LogP contribution in [0.1, 0.15) is 64.7 Å². The molecule has 6 heteroatoms. The van der Waals surface area contributed by atoms with Gasteiger partial charge in [-0.25, -0.2) is 0 Å². The quantitative estimate of drug-likeness (QED) is 0.729. The molecular weight excluding hydrogens is 248 g/mol. The molecule has 0 radical (unpaired) electrons. The van der Waals surface area contributed by atoms with Crippen LogP contribution >= 0.6 is 0 Å². The number of rotatable bonds is 5. The lowest BCUT2D eigenvalue weighted by Crippen LogP contribution is -2.23. The van der Waals surface area contributed by atoms with Crippen LogP contribution in [0.5, 0.6) is 0 Å². The molecule has 6 nitrogen and oxygen atoms in total. The van der Waals surface area contributed by atoms with Crippen LogP contribution in [0.3, 0.4) is 0 Å². The van der Waals surface area contributed by atoms with Crippen LogP contribution in [0.25, 0.3) is 0 Å². The molecule has 0 aromatic carbocycles. The van der Waals surface area contributed by atoms with Crippen molar-refractivity contribution in [2.24, 2.45) is 5.92 Å². The van der Waals surface area contributed by atoms with Crippen molar-refractivity contribution in [3.05, 3.63) is 0 Å². The minimum Gasteiger partial charge on any atom is -0.550 e. The fraction of sp³-hybridized carbons (Fsp3) is 0.846. The molecule has 0 aromatic heterocycles. The third-order valence-electron chi connectivity index (χ3n) is 2.91. The van der Waals surface area contributed by atoms with E-state index in [9.17, 15) is 19.8 Å². The minimum absolute atomic E-state index is 0. The summed E-state index contributed by atoms with van der Waals surface area (Å²) < 4.78 is 0. The van der Waals surface area contributed by atoms with E-state index >= 15 is 0 Å². The van der Waals surface area contributed by atoms with E-state index in [0.29, 0.717) is 12.8 Å². The second-order valence-electron chi connectivity index (χ2n) is 4.69. The Morgan fingerprint density at radius 1 is 0.895 bits per heavy atom. The maximum absolute atomic E-state index is 9.77. The predicted molar refractivity (Wildman–Crippen MR) is 72.7 cm³/mol. The van der Waals surface area contributed by atoms with E-state index in [1.54, 1.807) is 0 Å². The van der Waals surface area contributed by atoms with Crippen LogP contribution in [0.4, 0.5) is 0 Å².